The van der Waals surface area contributed by atoms with Gasteiger partial charge in [0.1, 0.15) is 0 Å². The molecule has 0 aliphatic rings. The van der Waals surface area contributed by atoms with E-state index in [4.69, 9.17) is 24.4 Å². The van der Waals surface area contributed by atoms with E-state index in [1.54, 1.807) is 6.92 Å². The molecule has 10 heavy (non-hydrogen) atoms. The van der Waals surface area contributed by atoms with Gasteiger partial charge in [-0.2, -0.15) is 0 Å². The van der Waals surface area contributed by atoms with E-state index in [2.05, 4.69) is 0 Å². The summed E-state index contributed by atoms with van der Waals surface area (Å²) in [7, 11) is -4.64. The maximum atomic E-state index is 8.88. The van der Waals surface area contributed by atoms with Crippen LogP contribution < -0.4 is 0 Å². The third-order valence-corrected chi connectivity index (χ3v) is 0. The molecule has 0 aliphatic heterocycles. The van der Waals surface area contributed by atoms with Crippen molar-refractivity contribution in [3.05, 3.63) is 0 Å². The second kappa shape index (κ2) is 13.0. The number of hydrogen-bond donors (Lipinski definition) is 4. The van der Waals surface area contributed by atoms with Crippen LogP contribution in [0.1, 0.15) is 9.78 Å². The molecule has 5 nitrogen and oxygen atoms in total. The van der Waals surface area contributed by atoms with Gasteiger partial charge in [0.05, 0.1) is 0 Å². The second-order valence-corrected chi connectivity index (χ2v) is 1.86. The van der Waals surface area contributed by atoms with Crippen LogP contribution in [0.3, 0.4) is 0 Å². The Labute approximate surface area is 88.9 Å². The predicted octanol–water partition coefficient (Wildman–Crippen LogP) is -2.27. The minimum absolute atomic E-state index is 0. The molecule has 0 aromatic rings. The first kappa shape index (κ1) is 22.5. The van der Waals surface area contributed by atoms with E-state index in [1.807, 2.05) is 0 Å². The molecule has 0 aromatic heterocycles. The average molecular weight is 200 g/mol. The van der Waals surface area contributed by atoms with Gasteiger partial charge in [-0.25, -0.2) is 4.57 Å². The van der Waals surface area contributed by atoms with Gasteiger partial charge in [0.15, 0.2) is 17.4 Å². The summed E-state index contributed by atoms with van der Waals surface area (Å²) in [4.78, 5) is 21.6. The minimum atomic E-state index is -4.64. The van der Waals surface area contributed by atoms with Crippen molar-refractivity contribution in [2.45, 2.75) is 6.92 Å². The molecule has 62 valence electrons. The van der Waals surface area contributed by atoms with E-state index >= 15 is 0 Å². The van der Waals surface area contributed by atoms with Crippen LogP contribution in [-0.4, -0.2) is 66.8 Å². The number of hydrogen-bond acceptors (Lipinski definition) is 2. The zero-order valence-electron chi connectivity index (χ0n) is 7.06. The summed E-state index contributed by atoms with van der Waals surface area (Å²) in [5.41, 5.74) is 0. The number of rotatable bonds is 0. The van der Waals surface area contributed by atoms with Crippen LogP contribution in [0.5, 0.6) is 0 Å². The van der Waals surface area contributed by atoms with Crippen LogP contribution in [0.2, 0.25) is 0 Å². The fraction of sp³-hybridized carbons (Fsp3) is 1.00. The Morgan fingerprint density at radius 1 is 1.40 bits per heavy atom. The summed E-state index contributed by atoms with van der Waals surface area (Å²) < 4.78 is 8.88. The SMILES string of the molecule is CCO.O=P(O)(O)O.[AlH3].[H-].[H-].[Mg+2]. The fourth-order valence-electron chi connectivity index (χ4n) is 0. The summed E-state index contributed by atoms with van der Waals surface area (Å²) in [6.07, 6.45) is 0. The van der Waals surface area contributed by atoms with Crippen molar-refractivity contribution in [2.24, 2.45) is 0 Å². The number of aliphatic hydroxyl groups excluding tert-OH is 1. The molecule has 0 spiro atoms. The molecule has 0 aliphatic carbocycles. The van der Waals surface area contributed by atoms with Crippen LogP contribution in [0, 0.1) is 0 Å². The molecule has 4 N–H and O–H groups in total. The molecule has 0 rings (SSSR count). The van der Waals surface area contributed by atoms with Gasteiger partial charge in [0.25, 0.3) is 0 Å². The normalized spacial score (nSPS) is 7.70. The quantitative estimate of drug-likeness (QED) is 0.261. The van der Waals surface area contributed by atoms with Gasteiger partial charge in [0.2, 0.25) is 0 Å². The molecule has 0 radical (unpaired) electrons. The molecule has 0 fully saturated rings. The third-order valence-electron chi connectivity index (χ3n) is 0. The summed E-state index contributed by atoms with van der Waals surface area (Å²) in [6.45, 7) is 1.93. The largest absolute Gasteiger partial charge is 2.00 e. The summed E-state index contributed by atoms with van der Waals surface area (Å²) in [5.74, 6) is 0. The number of phosphoric acid groups is 1. The molecule has 0 unspecified atom stereocenters. The van der Waals surface area contributed by atoms with Gasteiger partial charge in [-0.3, -0.25) is 0 Å². The molecule has 0 amide bonds. The smallest absolute Gasteiger partial charge is 1.00 e. The van der Waals surface area contributed by atoms with Crippen LogP contribution >= 0.6 is 7.82 Å². The van der Waals surface area contributed by atoms with Crippen LogP contribution in [-0.2, 0) is 4.57 Å². The monoisotopic (exact) mass is 200 g/mol. The summed E-state index contributed by atoms with van der Waals surface area (Å²) in [5, 5.41) is 7.57. The first-order chi connectivity index (χ1) is 3.41. The Bertz CT molecular complexity index is 83.3. The van der Waals surface area contributed by atoms with Crippen molar-refractivity contribution < 1.29 is 27.2 Å². The Hall–Kier alpha value is 1.37. The van der Waals surface area contributed by atoms with Crippen molar-refractivity contribution in [1.29, 1.82) is 0 Å². The second-order valence-electron chi connectivity index (χ2n) is 0.830. The Balaban J connectivity index is -0.0000000119. The first-order valence-corrected chi connectivity index (χ1v) is 3.37. The van der Waals surface area contributed by atoms with Crippen molar-refractivity contribution in [2.75, 3.05) is 6.61 Å². The Kier molecular flexibility index (Phi) is 29.3. The molecule has 0 atom stereocenters. The van der Waals surface area contributed by atoms with E-state index in [0.29, 0.717) is 0 Å². The van der Waals surface area contributed by atoms with E-state index in [0.717, 1.165) is 0 Å². The van der Waals surface area contributed by atoms with Gasteiger partial charge in [0, 0.05) is 6.61 Å². The summed E-state index contributed by atoms with van der Waals surface area (Å²) >= 11 is 0. The van der Waals surface area contributed by atoms with E-state index in [9.17, 15) is 0 Å². The van der Waals surface area contributed by atoms with Crippen LogP contribution in [0.4, 0.5) is 0 Å². The molecule has 0 heterocycles. The standard InChI is InChI=1S/C2H6O.Al.Mg.H3O4P.5H/c1-2-3;;;1-5(2,3)4;;;;;/h3H,2H2,1H3;;;(H3,1,2,3,4);;;;;/q;;+2;;;;;2*-1. The van der Waals surface area contributed by atoms with Crippen LogP contribution in [0.15, 0.2) is 0 Å². The Morgan fingerprint density at radius 2 is 1.40 bits per heavy atom. The van der Waals surface area contributed by atoms with Crippen LogP contribution in [0.25, 0.3) is 0 Å². The molecule has 0 aromatic carbocycles. The van der Waals surface area contributed by atoms with Crippen molar-refractivity contribution >= 4 is 48.2 Å². The zero-order valence-corrected chi connectivity index (χ0v) is 7.37. The van der Waals surface area contributed by atoms with Gasteiger partial charge in [-0.05, 0) is 6.92 Å². The maximum Gasteiger partial charge on any atom is 2.00 e. The molecule has 0 saturated carbocycles. The van der Waals surface area contributed by atoms with E-state index < -0.39 is 7.82 Å². The number of aliphatic hydroxyl groups is 1. The zero-order chi connectivity index (χ0) is 7.21. The molecule has 8 heteroatoms. The van der Waals surface area contributed by atoms with Crippen molar-refractivity contribution in [3.63, 3.8) is 0 Å². The molecule has 0 bridgehead atoms. The van der Waals surface area contributed by atoms with E-state index in [1.165, 1.54) is 0 Å². The molecule has 0 saturated heterocycles. The van der Waals surface area contributed by atoms with Crippen molar-refractivity contribution in [3.8, 4) is 0 Å². The molecular formula is C2H14AlMgO5P. The van der Waals surface area contributed by atoms with E-state index in [-0.39, 0.29) is 49.9 Å². The topological polar surface area (TPSA) is 98.0 Å². The van der Waals surface area contributed by atoms with Crippen molar-refractivity contribution in [1.82, 2.24) is 0 Å². The minimum Gasteiger partial charge on any atom is -1.00 e. The summed E-state index contributed by atoms with van der Waals surface area (Å²) in [6, 6.07) is 0. The van der Waals surface area contributed by atoms with Gasteiger partial charge >= 0.3 is 30.9 Å². The average Bonchev–Trinajstić information content (AvgIpc) is 1.27. The molecular weight excluding hydrogens is 186 g/mol. The fourth-order valence-corrected chi connectivity index (χ4v) is 0. The van der Waals surface area contributed by atoms with Gasteiger partial charge in [-0.1, -0.05) is 0 Å². The predicted molar refractivity (Wildman–Crippen MR) is 44.9 cm³/mol. The van der Waals surface area contributed by atoms with Gasteiger partial charge < -0.3 is 22.6 Å². The third kappa shape index (κ3) is 350. The van der Waals surface area contributed by atoms with Gasteiger partial charge in [-0.15, -0.1) is 0 Å². The Morgan fingerprint density at radius 3 is 1.40 bits per heavy atom. The maximum absolute atomic E-state index is 8.88. The first-order valence-electron chi connectivity index (χ1n) is 1.81.